The highest BCUT2D eigenvalue weighted by Crippen LogP contribution is 2.18. The summed E-state index contributed by atoms with van der Waals surface area (Å²) in [5, 5.41) is 33.8. The molecule has 0 rings (SSSR count). The Kier molecular flexibility index (Phi) is 59.4. The molecule has 0 heterocycles. The Balaban J connectivity index is 3.49. The van der Waals surface area contributed by atoms with Gasteiger partial charge in [-0.1, -0.05) is 314 Å². The molecule has 0 saturated heterocycles. The van der Waals surface area contributed by atoms with E-state index >= 15 is 0 Å². The van der Waals surface area contributed by atoms with Crippen LogP contribution in [0, 0.1) is 0 Å². The van der Waals surface area contributed by atoms with Crippen molar-refractivity contribution in [3.8, 4) is 0 Å². The van der Waals surface area contributed by atoms with Gasteiger partial charge >= 0.3 is 0 Å². The van der Waals surface area contributed by atoms with E-state index in [4.69, 9.17) is 0 Å². The smallest absolute Gasteiger partial charge is 0.220 e. The molecule has 0 radical (unpaired) electrons. The summed E-state index contributed by atoms with van der Waals surface area (Å²) >= 11 is 0. The Labute approximate surface area is 439 Å². The molecule has 0 fully saturated rings. The largest absolute Gasteiger partial charge is 0.394 e. The van der Waals surface area contributed by atoms with Crippen molar-refractivity contribution in [2.24, 2.45) is 0 Å². The van der Waals surface area contributed by atoms with E-state index in [9.17, 15) is 20.1 Å². The zero-order valence-corrected chi connectivity index (χ0v) is 47.7. The van der Waals surface area contributed by atoms with Gasteiger partial charge < -0.3 is 20.6 Å². The average Bonchev–Trinajstić information content (AvgIpc) is 3.36. The fourth-order valence-electron chi connectivity index (χ4n) is 10.3. The molecule has 0 aliphatic heterocycles. The molecule has 5 heteroatoms. The van der Waals surface area contributed by atoms with Gasteiger partial charge in [0.15, 0.2) is 0 Å². The molecule has 0 aromatic heterocycles. The van der Waals surface area contributed by atoms with Crippen molar-refractivity contribution in [3.63, 3.8) is 0 Å². The van der Waals surface area contributed by atoms with E-state index in [0.717, 1.165) is 38.5 Å². The second-order valence-electron chi connectivity index (χ2n) is 22.3. The Morgan fingerprint density at radius 3 is 0.829 bits per heavy atom. The lowest BCUT2D eigenvalue weighted by Crippen LogP contribution is -2.50. The standard InChI is InChI=1S/C65H127NO4/c1-3-5-7-9-11-13-15-17-19-21-23-25-27-28-29-30-31-32-33-34-35-36-38-40-42-44-46-48-50-52-54-56-58-60-64(69)66-62(61-67)65(70)63(68)59-57-55-53-51-49-47-45-43-41-39-37-26-24-22-20-18-16-14-12-10-8-6-4-2/h28-29,51,53,62-63,65,67-68,70H,3-27,30-50,52,54-61H2,1-2H3,(H,66,69)/b29-28-,53-51+. The van der Waals surface area contributed by atoms with Crippen LogP contribution in [0.3, 0.4) is 0 Å². The summed E-state index contributed by atoms with van der Waals surface area (Å²) in [7, 11) is 0. The van der Waals surface area contributed by atoms with Crippen molar-refractivity contribution in [1.82, 2.24) is 5.32 Å². The minimum atomic E-state index is -1.16. The molecule has 0 aliphatic carbocycles. The molecule has 0 saturated carbocycles. The van der Waals surface area contributed by atoms with Crippen molar-refractivity contribution in [2.45, 2.75) is 379 Å². The summed E-state index contributed by atoms with van der Waals surface area (Å²) in [6.45, 7) is 4.22. The number of hydrogen-bond acceptors (Lipinski definition) is 4. The van der Waals surface area contributed by atoms with Crippen molar-refractivity contribution < 1.29 is 20.1 Å². The van der Waals surface area contributed by atoms with E-state index in [0.29, 0.717) is 12.8 Å². The Morgan fingerprint density at radius 2 is 0.571 bits per heavy atom. The highest BCUT2D eigenvalue weighted by Gasteiger charge is 2.26. The Hall–Kier alpha value is -1.17. The first kappa shape index (κ1) is 68.8. The van der Waals surface area contributed by atoms with E-state index in [-0.39, 0.29) is 12.5 Å². The highest BCUT2D eigenvalue weighted by molar-refractivity contribution is 5.76. The summed E-state index contributed by atoms with van der Waals surface area (Å²) in [5.41, 5.74) is 0. The van der Waals surface area contributed by atoms with Crippen LogP contribution in [-0.4, -0.2) is 46.1 Å². The predicted octanol–water partition coefficient (Wildman–Crippen LogP) is 20.4. The summed E-state index contributed by atoms with van der Waals surface area (Å²) in [6, 6.07) is -0.825. The maximum Gasteiger partial charge on any atom is 0.220 e. The van der Waals surface area contributed by atoms with Crippen LogP contribution in [0.4, 0.5) is 0 Å². The summed E-state index contributed by atoms with van der Waals surface area (Å²) in [5.74, 6) is -0.147. The molecule has 0 spiro atoms. The van der Waals surface area contributed by atoms with E-state index in [2.05, 4.69) is 43.5 Å². The maximum absolute atomic E-state index is 12.6. The minimum absolute atomic E-state index is 0.147. The van der Waals surface area contributed by atoms with Crippen LogP contribution in [0.5, 0.6) is 0 Å². The fourth-order valence-corrected chi connectivity index (χ4v) is 10.3. The quantitative estimate of drug-likeness (QED) is 0.0361. The molecule has 0 aromatic carbocycles. The molecule has 4 N–H and O–H groups in total. The average molecular weight is 987 g/mol. The predicted molar refractivity (Wildman–Crippen MR) is 310 cm³/mol. The first-order chi connectivity index (χ1) is 34.6. The van der Waals surface area contributed by atoms with Crippen LogP contribution in [0.2, 0.25) is 0 Å². The number of hydrogen-bond donors (Lipinski definition) is 4. The number of allylic oxidation sites excluding steroid dienone is 4. The van der Waals surface area contributed by atoms with Crippen molar-refractivity contribution in [2.75, 3.05) is 6.61 Å². The second kappa shape index (κ2) is 60.4. The number of aliphatic hydroxyl groups is 3. The second-order valence-corrected chi connectivity index (χ2v) is 22.3. The number of nitrogens with one attached hydrogen (secondary N) is 1. The van der Waals surface area contributed by atoms with Gasteiger partial charge in [-0.3, -0.25) is 4.79 Å². The van der Waals surface area contributed by atoms with Gasteiger partial charge in [-0.25, -0.2) is 0 Å². The molecule has 1 amide bonds. The zero-order valence-electron chi connectivity index (χ0n) is 47.7. The van der Waals surface area contributed by atoms with Crippen LogP contribution < -0.4 is 5.32 Å². The molecule has 0 bridgehead atoms. The van der Waals surface area contributed by atoms with E-state index in [1.807, 2.05) is 0 Å². The first-order valence-corrected chi connectivity index (χ1v) is 32.1. The van der Waals surface area contributed by atoms with Crippen LogP contribution in [0.15, 0.2) is 24.3 Å². The van der Waals surface area contributed by atoms with E-state index in [1.54, 1.807) is 0 Å². The zero-order chi connectivity index (χ0) is 50.7. The number of carbonyl (C=O) groups is 1. The molecule has 70 heavy (non-hydrogen) atoms. The topological polar surface area (TPSA) is 89.8 Å². The van der Waals surface area contributed by atoms with Crippen LogP contribution in [0.25, 0.3) is 0 Å². The molecule has 3 atom stereocenters. The molecule has 0 aliphatic rings. The lowest BCUT2D eigenvalue weighted by atomic mass is 10.0. The third-order valence-electron chi connectivity index (χ3n) is 15.3. The van der Waals surface area contributed by atoms with Gasteiger partial charge in [-0.15, -0.1) is 0 Å². The molecule has 3 unspecified atom stereocenters. The van der Waals surface area contributed by atoms with Crippen LogP contribution >= 0.6 is 0 Å². The molecule has 5 nitrogen and oxygen atoms in total. The molecular formula is C65H127NO4. The summed E-state index contributed by atoms with van der Waals surface area (Å²) in [4.78, 5) is 12.6. The van der Waals surface area contributed by atoms with E-state index in [1.165, 1.54) is 295 Å². The Bertz CT molecular complexity index is 1040. The summed E-state index contributed by atoms with van der Waals surface area (Å²) in [6.07, 6.45) is 78.0. The van der Waals surface area contributed by atoms with Crippen molar-refractivity contribution in [1.29, 1.82) is 0 Å². The van der Waals surface area contributed by atoms with Gasteiger partial charge in [0.1, 0.15) is 6.10 Å². The van der Waals surface area contributed by atoms with Crippen molar-refractivity contribution >= 4 is 5.91 Å². The Morgan fingerprint density at radius 1 is 0.343 bits per heavy atom. The van der Waals surface area contributed by atoms with Crippen LogP contribution in [-0.2, 0) is 4.79 Å². The van der Waals surface area contributed by atoms with Crippen molar-refractivity contribution in [3.05, 3.63) is 24.3 Å². The minimum Gasteiger partial charge on any atom is -0.394 e. The monoisotopic (exact) mass is 986 g/mol. The third-order valence-corrected chi connectivity index (χ3v) is 15.3. The lowest BCUT2D eigenvalue weighted by Gasteiger charge is -2.26. The summed E-state index contributed by atoms with van der Waals surface area (Å²) < 4.78 is 0. The fraction of sp³-hybridized carbons (Fsp3) is 0.923. The number of unbranched alkanes of at least 4 members (excludes halogenated alkanes) is 48. The van der Waals surface area contributed by atoms with Crippen LogP contribution in [0.1, 0.15) is 361 Å². The third kappa shape index (κ3) is 54.6. The first-order valence-electron chi connectivity index (χ1n) is 32.1. The highest BCUT2D eigenvalue weighted by atomic mass is 16.3. The number of aliphatic hydroxyl groups excluding tert-OH is 3. The lowest BCUT2D eigenvalue weighted by molar-refractivity contribution is -0.124. The van der Waals surface area contributed by atoms with Gasteiger partial charge in [-0.2, -0.15) is 0 Å². The SMILES string of the molecule is CCCCCCCCCCCCCC/C=C\CCCCCCCCCCCCCCCCCCCC(=O)NC(CO)C(O)C(O)CCC/C=C/CCCCCCCCCCCCCCCCCCCC. The van der Waals surface area contributed by atoms with Gasteiger partial charge in [0.05, 0.1) is 18.8 Å². The van der Waals surface area contributed by atoms with Gasteiger partial charge in [0.2, 0.25) is 5.91 Å². The molecule has 416 valence electrons. The van der Waals surface area contributed by atoms with Gasteiger partial charge in [0, 0.05) is 6.42 Å². The maximum atomic E-state index is 12.6. The molecule has 0 aromatic rings. The van der Waals surface area contributed by atoms with Gasteiger partial charge in [-0.05, 0) is 64.2 Å². The van der Waals surface area contributed by atoms with Gasteiger partial charge in [0.25, 0.3) is 0 Å². The molecular weight excluding hydrogens is 859 g/mol. The number of amides is 1. The number of rotatable bonds is 60. The number of carbonyl (C=O) groups excluding carboxylic acids is 1. The van der Waals surface area contributed by atoms with E-state index < -0.39 is 18.2 Å². The normalized spacial score (nSPS) is 13.3.